The highest BCUT2D eigenvalue weighted by Crippen LogP contribution is 2.29. The van der Waals surface area contributed by atoms with Crippen molar-refractivity contribution in [3.8, 4) is 16.8 Å². The fourth-order valence-electron chi connectivity index (χ4n) is 5.46. The van der Waals surface area contributed by atoms with Crippen LogP contribution in [0.4, 0.5) is 4.79 Å². The van der Waals surface area contributed by atoms with Crippen LogP contribution >= 0.6 is 0 Å². The van der Waals surface area contributed by atoms with Gasteiger partial charge in [-0.05, 0) is 75.4 Å². The van der Waals surface area contributed by atoms with Gasteiger partial charge in [-0.3, -0.25) is 14.5 Å². The molecular weight excluding hydrogens is 556 g/mol. The third-order valence-corrected chi connectivity index (χ3v) is 7.72. The number of piperazine rings is 1. The van der Waals surface area contributed by atoms with E-state index in [4.69, 9.17) is 10.5 Å². The van der Waals surface area contributed by atoms with Crippen molar-refractivity contribution < 1.29 is 19.1 Å². The minimum Gasteiger partial charge on any atom is -0.444 e. The highest BCUT2D eigenvalue weighted by atomic mass is 16.6. The Balaban J connectivity index is 1.35. The van der Waals surface area contributed by atoms with E-state index in [1.165, 1.54) is 0 Å². The van der Waals surface area contributed by atoms with Gasteiger partial charge >= 0.3 is 6.09 Å². The monoisotopic (exact) mass is 594 g/mol. The van der Waals surface area contributed by atoms with E-state index in [9.17, 15) is 14.4 Å². The standard InChI is InChI=1S/C34H38N6O4/c1-22-37-31(30(35)42)38-40(22)27-16-10-23(11-17-27)20-26-8-6-7-9-28(26)24-12-14-25(15-13-24)29(41)34(5)21-36-18-19-39(34)32(43)44-33(2,3)4/h6-17,36H,18-21H2,1-5H3,(H2,35,42). The molecule has 2 amide bonds. The van der Waals surface area contributed by atoms with Crippen molar-refractivity contribution in [1.82, 2.24) is 25.0 Å². The molecule has 2 heterocycles. The van der Waals surface area contributed by atoms with E-state index in [2.05, 4.69) is 27.5 Å². The molecule has 4 aromatic rings. The van der Waals surface area contributed by atoms with Crippen LogP contribution in [0.25, 0.3) is 16.8 Å². The minimum absolute atomic E-state index is 0.0156. The fraction of sp³-hybridized carbons (Fsp3) is 0.324. The number of rotatable bonds is 7. The van der Waals surface area contributed by atoms with Gasteiger partial charge in [-0.25, -0.2) is 14.5 Å². The number of nitrogens with two attached hydrogens (primary N) is 1. The number of hydrogen-bond donors (Lipinski definition) is 2. The van der Waals surface area contributed by atoms with Crippen molar-refractivity contribution in [2.45, 2.75) is 52.2 Å². The van der Waals surface area contributed by atoms with Crippen LogP contribution in [0.5, 0.6) is 0 Å². The molecule has 1 aromatic heterocycles. The summed E-state index contributed by atoms with van der Waals surface area (Å²) in [5, 5.41) is 7.47. The maximum Gasteiger partial charge on any atom is 0.411 e. The zero-order chi connectivity index (χ0) is 31.6. The molecule has 1 aliphatic heterocycles. The maximum atomic E-state index is 13.8. The lowest BCUT2D eigenvalue weighted by Crippen LogP contribution is -2.65. The molecule has 10 heteroatoms. The summed E-state index contributed by atoms with van der Waals surface area (Å²) in [6, 6.07) is 23.7. The summed E-state index contributed by atoms with van der Waals surface area (Å²) in [7, 11) is 0. The van der Waals surface area contributed by atoms with Crippen LogP contribution in [0, 0.1) is 6.92 Å². The molecule has 228 valence electrons. The van der Waals surface area contributed by atoms with Gasteiger partial charge in [0.2, 0.25) is 5.82 Å². The number of aryl methyl sites for hydroxylation is 1. The number of Topliss-reactive ketones (excluding diaryl/α,β-unsaturated/α-hetero) is 1. The van der Waals surface area contributed by atoms with Crippen LogP contribution in [-0.4, -0.2) is 68.2 Å². The van der Waals surface area contributed by atoms with Gasteiger partial charge in [-0.1, -0.05) is 60.7 Å². The van der Waals surface area contributed by atoms with Crippen LogP contribution in [0.1, 0.15) is 65.6 Å². The lowest BCUT2D eigenvalue weighted by molar-refractivity contribution is -0.00372. The predicted molar refractivity (Wildman–Crippen MR) is 168 cm³/mol. The molecule has 1 saturated heterocycles. The van der Waals surface area contributed by atoms with Gasteiger partial charge in [-0.2, -0.15) is 0 Å². The van der Waals surface area contributed by atoms with Crippen molar-refractivity contribution in [2.75, 3.05) is 19.6 Å². The zero-order valence-electron chi connectivity index (χ0n) is 25.8. The van der Waals surface area contributed by atoms with Crippen LogP contribution in [0.15, 0.2) is 72.8 Å². The van der Waals surface area contributed by atoms with Gasteiger partial charge in [0, 0.05) is 25.2 Å². The lowest BCUT2D eigenvalue weighted by Gasteiger charge is -2.44. The zero-order valence-corrected chi connectivity index (χ0v) is 25.8. The number of hydrogen-bond acceptors (Lipinski definition) is 7. The average Bonchev–Trinajstić information content (AvgIpc) is 3.39. The van der Waals surface area contributed by atoms with E-state index in [1.807, 2.05) is 81.4 Å². The summed E-state index contributed by atoms with van der Waals surface area (Å²) >= 11 is 0. The Hall–Kier alpha value is -4.83. The maximum absolute atomic E-state index is 13.8. The molecule has 44 heavy (non-hydrogen) atoms. The van der Waals surface area contributed by atoms with E-state index in [0.717, 1.165) is 27.9 Å². The second-order valence-electron chi connectivity index (χ2n) is 12.2. The number of primary amides is 1. The second-order valence-corrected chi connectivity index (χ2v) is 12.2. The Morgan fingerprint density at radius 2 is 1.68 bits per heavy atom. The Morgan fingerprint density at radius 1 is 1.00 bits per heavy atom. The topological polar surface area (TPSA) is 132 Å². The van der Waals surface area contributed by atoms with Crippen molar-refractivity contribution in [1.29, 1.82) is 0 Å². The molecule has 0 aliphatic carbocycles. The Labute approximate surface area is 257 Å². The first-order valence-electron chi connectivity index (χ1n) is 14.6. The largest absolute Gasteiger partial charge is 0.444 e. The molecule has 1 atom stereocenters. The molecule has 0 bridgehead atoms. The van der Waals surface area contributed by atoms with Crippen molar-refractivity contribution in [3.63, 3.8) is 0 Å². The van der Waals surface area contributed by atoms with Gasteiger partial charge in [0.1, 0.15) is 17.0 Å². The molecule has 3 aromatic carbocycles. The van der Waals surface area contributed by atoms with Crippen molar-refractivity contribution in [2.24, 2.45) is 5.73 Å². The Kier molecular flexibility index (Phi) is 8.38. The Bertz CT molecular complexity index is 1690. The molecular formula is C34H38N6O4. The predicted octanol–water partition coefficient (Wildman–Crippen LogP) is 4.71. The van der Waals surface area contributed by atoms with Gasteiger partial charge in [-0.15, -0.1) is 5.10 Å². The van der Waals surface area contributed by atoms with E-state index in [1.54, 1.807) is 23.4 Å². The number of ketones is 1. The first kappa shape index (κ1) is 30.6. The SMILES string of the molecule is Cc1nc(C(N)=O)nn1-c1ccc(Cc2ccccc2-c2ccc(C(=O)C3(C)CNCCN3C(=O)OC(C)(C)C)cc2)cc1. The van der Waals surface area contributed by atoms with Crippen LogP contribution in [0.2, 0.25) is 0 Å². The number of carbonyl (C=O) groups excluding carboxylic acids is 3. The normalized spacial score (nSPS) is 16.9. The summed E-state index contributed by atoms with van der Waals surface area (Å²) in [6.45, 7) is 10.3. The molecule has 1 fully saturated rings. The molecule has 10 nitrogen and oxygen atoms in total. The van der Waals surface area contributed by atoms with Gasteiger partial charge in [0.05, 0.1) is 5.69 Å². The summed E-state index contributed by atoms with van der Waals surface area (Å²) in [4.78, 5) is 44.0. The molecule has 0 saturated carbocycles. The van der Waals surface area contributed by atoms with Gasteiger partial charge < -0.3 is 15.8 Å². The smallest absolute Gasteiger partial charge is 0.411 e. The minimum atomic E-state index is -1.07. The summed E-state index contributed by atoms with van der Waals surface area (Å²) in [5.41, 5.74) is 9.20. The third kappa shape index (κ3) is 6.40. The number of nitrogens with one attached hydrogen (secondary N) is 1. The number of nitrogens with zero attached hydrogens (tertiary/aromatic N) is 4. The highest BCUT2D eigenvalue weighted by Gasteiger charge is 2.45. The number of carbonyl (C=O) groups is 3. The first-order chi connectivity index (χ1) is 20.9. The van der Waals surface area contributed by atoms with E-state index in [-0.39, 0.29) is 11.6 Å². The Morgan fingerprint density at radius 3 is 2.32 bits per heavy atom. The van der Waals surface area contributed by atoms with E-state index < -0.39 is 23.1 Å². The van der Waals surface area contributed by atoms with Gasteiger partial charge in [0.15, 0.2) is 5.78 Å². The summed E-state index contributed by atoms with van der Waals surface area (Å²) in [5.74, 6) is -0.246. The van der Waals surface area contributed by atoms with Crippen molar-refractivity contribution in [3.05, 3.63) is 101 Å². The number of ether oxygens (including phenoxy) is 1. The first-order valence-corrected chi connectivity index (χ1v) is 14.6. The highest BCUT2D eigenvalue weighted by molar-refractivity contribution is 6.05. The number of benzene rings is 3. The summed E-state index contributed by atoms with van der Waals surface area (Å²) < 4.78 is 7.22. The second kappa shape index (κ2) is 12.0. The lowest BCUT2D eigenvalue weighted by atomic mass is 9.87. The van der Waals surface area contributed by atoms with Crippen LogP contribution in [-0.2, 0) is 11.2 Å². The molecule has 0 spiro atoms. The van der Waals surface area contributed by atoms with Crippen molar-refractivity contribution >= 4 is 17.8 Å². The third-order valence-electron chi connectivity index (χ3n) is 7.72. The number of amides is 2. The molecule has 3 N–H and O–H groups in total. The number of aromatic nitrogens is 3. The van der Waals surface area contributed by atoms with Crippen LogP contribution in [0.3, 0.4) is 0 Å². The average molecular weight is 595 g/mol. The van der Waals surface area contributed by atoms with Crippen LogP contribution < -0.4 is 11.1 Å². The molecule has 1 aliphatic rings. The summed E-state index contributed by atoms with van der Waals surface area (Å²) in [6.07, 6.45) is 0.203. The quantitative estimate of drug-likeness (QED) is 0.296. The van der Waals surface area contributed by atoms with Gasteiger partial charge in [0.25, 0.3) is 5.91 Å². The molecule has 5 rings (SSSR count). The molecule has 0 radical (unpaired) electrons. The van der Waals surface area contributed by atoms with E-state index >= 15 is 0 Å². The van der Waals surface area contributed by atoms with E-state index in [0.29, 0.717) is 37.4 Å². The molecule has 1 unspecified atom stereocenters. The fourth-order valence-corrected chi connectivity index (χ4v) is 5.46.